The molecule has 0 spiro atoms. The minimum absolute atomic E-state index is 0.195. The molecule has 172 valence electrons. The number of aliphatic hydroxyl groups excluding tert-OH is 1. The number of hydrogen-bond donors (Lipinski definition) is 1. The summed E-state index contributed by atoms with van der Waals surface area (Å²) >= 11 is 5.53. The van der Waals surface area contributed by atoms with Crippen LogP contribution in [0.4, 0.5) is 11.4 Å². The van der Waals surface area contributed by atoms with E-state index in [2.05, 4.69) is 12.1 Å². The third-order valence-corrected chi connectivity index (χ3v) is 6.24. The van der Waals surface area contributed by atoms with Crippen LogP contribution in [0.3, 0.4) is 0 Å². The van der Waals surface area contributed by atoms with E-state index in [1.165, 1.54) is 17.5 Å². The number of likely N-dealkylation sites (N-methyl/N-ethyl adjacent to an activating group) is 1. The summed E-state index contributed by atoms with van der Waals surface area (Å²) in [6, 6.07) is 23.8. The second-order valence-electron chi connectivity index (χ2n) is 8.39. The van der Waals surface area contributed by atoms with Crippen LogP contribution in [0.1, 0.15) is 17.5 Å². The molecule has 5 nitrogen and oxygen atoms in total. The van der Waals surface area contributed by atoms with Gasteiger partial charge in [0.15, 0.2) is 0 Å². The maximum Gasteiger partial charge on any atom is 0.269 e. The van der Waals surface area contributed by atoms with Gasteiger partial charge in [-0.15, -0.1) is 0 Å². The lowest BCUT2D eigenvalue weighted by molar-refractivity contribution is 0.113. The average Bonchev–Trinajstić information content (AvgIpc) is 3.31. The fraction of sp³-hybridized carbons (Fsp3) is 0.296. The zero-order valence-corrected chi connectivity index (χ0v) is 19.9. The van der Waals surface area contributed by atoms with E-state index in [0.717, 1.165) is 30.0 Å². The molecule has 1 aliphatic carbocycles. The summed E-state index contributed by atoms with van der Waals surface area (Å²) in [5, 5.41) is 10.8. The summed E-state index contributed by atoms with van der Waals surface area (Å²) in [5.41, 5.74) is 4.67. The number of aryl methyl sites for hydroxylation is 2. The van der Waals surface area contributed by atoms with Gasteiger partial charge < -0.3 is 24.4 Å². The van der Waals surface area contributed by atoms with E-state index in [1.54, 1.807) is 0 Å². The summed E-state index contributed by atoms with van der Waals surface area (Å²) in [7, 11) is 3.83. The molecule has 0 fully saturated rings. The lowest BCUT2D eigenvalue weighted by Crippen LogP contribution is -2.33. The van der Waals surface area contributed by atoms with Crippen molar-refractivity contribution < 1.29 is 14.6 Å². The SMILES string of the molecule is CN(CC(O)COc1cccc(N(C)C(=S)Oc2ccc3c(c2)CCC3)c1)c1ccccc1. The summed E-state index contributed by atoms with van der Waals surface area (Å²) < 4.78 is 11.8. The highest BCUT2D eigenvalue weighted by Gasteiger charge is 2.15. The molecule has 0 saturated carbocycles. The molecule has 4 rings (SSSR count). The van der Waals surface area contributed by atoms with Crippen molar-refractivity contribution in [1.82, 2.24) is 0 Å². The Kier molecular flexibility index (Phi) is 7.47. The third kappa shape index (κ3) is 6.03. The van der Waals surface area contributed by atoms with Crippen LogP contribution in [0.25, 0.3) is 0 Å². The number of aliphatic hydroxyl groups is 1. The largest absolute Gasteiger partial charge is 0.491 e. The monoisotopic (exact) mass is 462 g/mol. The van der Waals surface area contributed by atoms with Crippen LogP contribution in [0, 0.1) is 0 Å². The Bertz CT molecular complexity index is 1090. The second kappa shape index (κ2) is 10.7. The summed E-state index contributed by atoms with van der Waals surface area (Å²) in [5.74, 6) is 1.44. The van der Waals surface area contributed by atoms with Crippen molar-refractivity contribution in [3.63, 3.8) is 0 Å². The summed E-state index contributed by atoms with van der Waals surface area (Å²) in [6.07, 6.45) is 2.82. The van der Waals surface area contributed by atoms with Crippen LogP contribution in [-0.4, -0.2) is 43.6 Å². The van der Waals surface area contributed by atoms with Crippen molar-refractivity contribution in [2.45, 2.75) is 25.4 Å². The van der Waals surface area contributed by atoms with Gasteiger partial charge >= 0.3 is 0 Å². The van der Waals surface area contributed by atoms with E-state index in [1.807, 2.05) is 84.6 Å². The minimum Gasteiger partial charge on any atom is -0.491 e. The Hall–Kier alpha value is -3.09. The first kappa shape index (κ1) is 23.1. The Morgan fingerprint density at radius 2 is 1.67 bits per heavy atom. The lowest BCUT2D eigenvalue weighted by atomic mass is 10.1. The third-order valence-electron chi connectivity index (χ3n) is 5.88. The first-order valence-corrected chi connectivity index (χ1v) is 11.6. The van der Waals surface area contributed by atoms with E-state index >= 15 is 0 Å². The predicted octanol–water partition coefficient (Wildman–Crippen LogP) is 4.85. The molecule has 0 aromatic heterocycles. The Morgan fingerprint density at radius 3 is 2.48 bits per heavy atom. The van der Waals surface area contributed by atoms with Gasteiger partial charge in [-0.05, 0) is 79.0 Å². The fourth-order valence-electron chi connectivity index (χ4n) is 4.02. The van der Waals surface area contributed by atoms with E-state index in [4.69, 9.17) is 21.7 Å². The van der Waals surface area contributed by atoms with Crippen molar-refractivity contribution in [3.8, 4) is 11.5 Å². The van der Waals surface area contributed by atoms with Gasteiger partial charge in [-0.25, -0.2) is 0 Å². The number of fused-ring (bicyclic) bond motifs is 1. The lowest BCUT2D eigenvalue weighted by Gasteiger charge is -2.23. The van der Waals surface area contributed by atoms with Crippen LogP contribution in [0.15, 0.2) is 72.8 Å². The molecule has 3 aromatic carbocycles. The first-order chi connectivity index (χ1) is 16.0. The van der Waals surface area contributed by atoms with Gasteiger partial charge in [0.05, 0.1) is 0 Å². The molecule has 3 aromatic rings. The molecular weight excluding hydrogens is 432 g/mol. The molecule has 1 unspecified atom stereocenters. The van der Waals surface area contributed by atoms with Gasteiger partial charge in [0.2, 0.25) is 0 Å². The zero-order valence-electron chi connectivity index (χ0n) is 19.1. The van der Waals surface area contributed by atoms with Crippen molar-refractivity contribution in [2.75, 3.05) is 37.0 Å². The number of para-hydroxylation sites is 1. The number of ether oxygens (including phenoxy) is 2. The van der Waals surface area contributed by atoms with Gasteiger partial charge in [0.25, 0.3) is 5.17 Å². The molecule has 0 bridgehead atoms. The maximum absolute atomic E-state index is 10.4. The minimum atomic E-state index is -0.624. The Morgan fingerprint density at radius 1 is 0.909 bits per heavy atom. The Labute approximate surface area is 201 Å². The highest BCUT2D eigenvalue weighted by molar-refractivity contribution is 7.80. The van der Waals surface area contributed by atoms with Crippen LogP contribution in [0.5, 0.6) is 11.5 Å². The number of nitrogens with zero attached hydrogens (tertiary/aromatic N) is 2. The predicted molar refractivity (Wildman–Crippen MR) is 138 cm³/mol. The van der Waals surface area contributed by atoms with E-state index in [-0.39, 0.29) is 6.61 Å². The van der Waals surface area contributed by atoms with Crippen molar-refractivity contribution in [1.29, 1.82) is 0 Å². The topological polar surface area (TPSA) is 45.2 Å². The highest BCUT2D eigenvalue weighted by Crippen LogP contribution is 2.27. The zero-order chi connectivity index (χ0) is 23.2. The molecule has 0 heterocycles. The van der Waals surface area contributed by atoms with Crippen LogP contribution in [0.2, 0.25) is 0 Å². The van der Waals surface area contributed by atoms with Crippen LogP contribution >= 0.6 is 12.2 Å². The number of hydrogen-bond acceptors (Lipinski definition) is 5. The van der Waals surface area contributed by atoms with Gasteiger partial charge in [0.1, 0.15) is 24.2 Å². The van der Waals surface area contributed by atoms with Crippen molar-refractivity contribution in [3.05, 3.63) is 83.9 Å². The van der Waals surface area contributed by atoms with Gasteiger partial charge in [0, 0.05) is 38.1 Å². The first-order valence-electron chi connectivity index (χ1n) is 11.2. The number of thiocarbonyl (C=S) groups is 1. The molecule has 1 N–H and O–H groups in total. The normalized spacial score (nSPS) is 13.2. The maximum atomic E-state index is 10.4. The quantitative estimate of drug-likeness (QED) is 0.483. The standard InChI is InChI=1S/C27H30N2O3S/c1-28(22-10-4-3-5-11-22)18-24(30)19-31-25-13-7-12-23(17-25)29(2)27(33)32-26-15-14-20-8-6-9-21(20)16-26/h3-5,7,10-17,24,30H,6,8-9,18-19H2,1-2H3. The Balaban J connectivity index is 1.31. The van der Waals surface area contributed by atoms with Crippen LogP contribution < -0.4 is 19.3 Å². The van der Waals surface area contributed by atoms with Gasteiger partial charge in [-0.1, -0.05) is 30.3 Å². The van der Waals surface area contributed by atoms with E-state index in [0.29, 0.717) is 17.5 Å². The van der Waals surface area contributed by atoms with Crippen molar-refractivity contribution in [2.24, 2.45) is 0 Å². The molecular formula is C27H30N2O3S. The van der Waals surface area contributed by atoms with E-state index < -0.39 is 6.10 Å². The second-order valence-corrected chi connectivity index (χ2v) is 8.74. The van der Waals surface area contributed by atoms with E-state index in [9.17, 15) is 5.11 Å². The molecule has 1 atom stereocenters. The highest BCUT2D eigenvalue weighted by atomic mass is 32.1. The van der Waals surface area contributed by atoms with Gasteiger partial charge in [-0.3, -0.25) is 0 Å². The fourth-order valence-corrected chi connectivity index (χ4v) is 4.22. The number of anilines is 2. The summed E-state index contributed by atoms with van der Waals surface area (Å²) in [4.78, 5) is 3.82. The van der Waals surface area contributed by atoms with Gasteiger partial charge in [-0.2, -0.15) is 0 Å². The molecule has 0 amide bonds. The number of benzene rings is 3. The summed E-state index contributed by atoms with van der Waals surface area (Å²) in [6.45, 7) is 0.669. The molecule has 0 aliphatic heterocycles. The smallest absolute Gasteiger partial charge is 0.269 e. The molecule has 0 radical (unpaired) electrons. The molecule has 1 aliphatic rings. The molecule has 0 saturated heterocycles. The molecule has 6 heteroatoms. The van der Waals surface area contributed by atoms with Crippen LogP contribution in [-0.2, 0) is 12.8 Å². The molecule has 33 heavy (non-hydrogen) atoms. The number of rotatable bonds is 8. The van der Waals surface area contributed by atoms with Crippen molar-refractivity contribution >= 4 is 28.8 Å². The average molecular weight is 463 g/mol.